The first kappa shape index (κ1) is 103. The second-order valence-electron chi connectivity index (χ2n) is 15.7. The van der Waals surface area contributed by atoms with Crippen molar-refractivity contribution in [1.29, 1.82) is 0 Å². The molecule has 0 amide bonds. The first-order valence-corrected chi connectivity index (χ1v) is 37.9. The standard InChI is InChI=1S/C10H8.C9H10.C8H10.C7H10N2.C7H8O.C6H6N2.C6H7NO.C5H3NS2.13C2H6/c1-2-6-10-8-4-3-7-9(10)5-1;1-8(2)9-6-4-3-5-7-9;1-2-8-6-4-3-5-7-8;1-2-6-9-7(3-1)4-5-8-9;1-8-7-5-3-2-4-6-7;1-2-6-3-4-7-8(6)5-1;1-2-5-6(3-1)8-4-7-5;1-2-7-5-4(1)6-3-8-5;13*1-2/h1-8H;3-7H,1H2,2H3;3-7H,2H2,1H3;4-5H,1-3,6H2;2-6H,1H3;1,3-5H,2H2;4H,1-3H2;1-3H;13*1-2H3. The van der Waals surface area contributed by atoms with Crippen LogP contribution in [0.15, 0.2) is 204 Å². The number of rotatable bonds is 3. The average Bonchev–Trinajstić information content (AvgIpc) is 1.74. The Morgan fingerprint density at radius 2 is 0.968 bits per heavy atom. The van der Waals surface area contributed by atoms with Gasteiger partial charge in [-0.1, -0.05) is 333 Å². The molecule has 7 heterocycles. The highest BCUT2D eigenvalue weighted by Crippen LogP contribution is 2.23. The van der Waals surface area contributed by atoms with Crippen molar-refractivity contribution in [3.05, 3.63) is 234 Å². The highest BCUT2D eigenvalue weighted by Gasteiger charge is 2.13. The predicted octanol–water partition coefficient (Wildman–Crippen LogP) is 28.5. The molecule has 1 aliphatic carbocycles. The zero-order valence-corrected chi connectivity index (χ0v) is 67.1. The van der Waals surface area contributed by atoms with E-state index in [1.165, 1.54) is 75.1 Å². The number of fused-ring (bicyclic) bond motifs is 5. The van der Waals surface area contributed by atoms with Crippen LogP contribution in [0.3, 0.4) is 0 Å². The van der Waals surface area contributed by atoms with E-state index in [0.717, 1.165) is 54.8 Å². The third kappa shape index (κ3) is 51.3. The molecule has 530 valence electrons. The maximum atomic E-state index is 5.06. The predicted molar refractivity (Wildman–Crippen MR) is 434 cm³/mol. The summed E-state index contributed by atoms with van der Waals surface area (Å²) < 4.78 is 15.3. The third-order valence-electron chi connectivity index (χ3n) is 10.8. The van der Waals surface area contributed by atoms with Gasteiger partial charge in [-0.25, -0.2) is 14.6 Å². The van der Waals surface area contributed by atoms with Crippen LogP contribution in [-0.2, 0) is 38.6 Å². The summed E-state index contributed by atoms with van der Waals surface area (Å²) in [5.74, 6) is 2.01. The van der Waals surface area contributed by atoms with Crippen LogP contribution < -0.4 is 4.74 Å². The van der Waals surface area contributed by atoms with Crippen LogP contribution in [0.1, 0.15) is 247 Å². The Kier molecular flexibility index (Phi) is 94.0. The quantitative estimate of drug-likeness (QED) is 0.175. The van der Waals surface area contributed by atoms with Gasteiger partial charge in [-0.3, -0.25) is 4.68 Å². The number of allylic oxidation sites excluding steroid dienone is 2. The van der Waals surface area contributed by atoms with E-state index in [0.29, 0.717) is 0 Å². The van der Waals surface area contributed by atoms with E-state index >= 15 is 0 Å². The maximum absolute atomic E-state index is 5.06. The zero-order valence-electron chi connectivity index (χ0n) is 65.4. The van der Waals surface area contributed by atoms with Crippen molar-refractivity contribution >= 4 is 54.7 Å². The number of hydrogen-bond donors (Lipinski definition) is 0. The van der Waals surface area contributed by atoms with Crippen LogP contribution in [0, 0.1) is 0 Å². The van der Waals surface area contributed by atoms with Crippen LogP contribution in [0.25, 0.3) is 32.1 Å². The molecule has 5 aromatic carbocycles. The van der Waals surface area contributed by atoms with E-state index in [1.807, 2.05) is 282 Å². The molecule has 2 aliphatic heterocycles. The number of methoxy groups -OCH3 is 1. The third-order valence-corrected chi connectivity index (χ3v) is 12.7. The molecule has 0 saturated carbocycles. The Morgan fingerprint density at radius 1 is 0.500 bits per heavy atom. The highest BCUT2D eigenvalue weighted by atomic mass is 32.2. The Morgan fingerprint density at radius 3 is 1.38 bits per heavy atom. The summed E-state index contributed by atoms with van der Waals surface area (Å²) in [5.41, 5.74) is 10.6. The highest BCUT2D eigenvalue weighted by molar-refractivity contribution is 7.36. The SMILES string of the molecule is C1=Cn2nccc2C1.C=C(C)c1ccccc1.CC.CC.CC.CC.CC.CC.CC.CC.CC.CC.CC.CC.CC.CCc1ccccc1.COc1ccccc1.c1cc2n(n1)CCCC2.c1cc2ncsc2s1.c1ccc2ccccc2c1.c1nc2c(o1)CCC2. The number of ether oxygens (including phenoxy) is 1. The van der Waals surface area contributed by atoms with E-state index in [9.17, 15) is 0 Å². The fourth-order valence-corrected chi connectivity index (χ4v) is 8.68. The molecule has 0 N–H and O–H groups in total. The van der Waals surface area contributed by atoms with E-state index < -0.39 is 0 Å². The van der Waals surface area contributed by atoms with Crippen LogP contribution in [0.4, 0.5) is 0 Å². The Balaban J connectivity index is -0.000000143. The minimum atomic E-state index is 0.910. The minimum Gasteiger partial charge on any atom is -0.497 e. The molecule has 0 bridgehead atoms. The van der Waals surface area contributed by atoms with E-state index in [-0.39, 0.29) is 0 Å². The van der Waals surface area contributed by atoms with E-state index in [1.54, 1.807) is 29.8 Å². The Labute approximate surface area is 588 Å². The second kappa shape index (κ2) is 85.9. The van der Waals surface area contributed by atoms with Gasteiger partial charge >= 0.3 is 0 Å². The number of aromatic nitrogens is 6. The van der Waals surface area contributed by atoms with Crippen molar-refractivity contribution in [2.75, 3.05) is 7.11 Å². The number of thiophene rings is 1. The van der Waals surface area contributed by atoms with Gasteiger partial charge in [0.05, 0.1) is 23.8 Å². The number of aryl methyl sites for hydroxylation is 5. The van der Waals surface area contributed by atoms with Gasteiger partial charge in [-0.15, -0.1) is 22.7 Å². The summed E-state index contributed by atoms with van der Waals surface area (Å²) in [4.78, 5) is 8.14. The van der Waals surface area contributed by atoms with Crippen molar-refractivity contribution in [2.45, 2.75) is 252 Å². The minimum absolute atomic E-state index is 0.910. The number of para-hydroxylation sites is 1. The van der Waals surface area contributed by atoms with Gasteiger partial charge in [0.1, 0.15) is 15.5 Å². The second-order valence-corrected chi connectivity index (χ2v) is 17.8. The Hall–Kier alpha value is -7.14. The number of hydrogen-bond acceptors (Lipinski definition) is 8. The van der Waals surface area contributed by atoms with Gasteiger partial charge in [0.2, 0.25) is 0 Å². The van der Waals surface area contributed by atoms with Gasteiger partial charge in [-0.05, 0) is 103 Å². The lowest BCUT2D eigenvalue weighted by molar-refractivity contribution is 0.415. The molecule has 94 heavy (non-hydrogen) atoms. The lowest BCUT2D eigenvalue weighted by Gasteiger charge is -2.11. The molecular formula is C84H140N6O2S2. The molecule has 0 fully saturated rings. The summed E-state index contributed by atoms with van der Waals surface area (Å²) in [6.07, 6.45) is 18.8. The summed E-state index contributed by atoms with van der Waals surface area (Å²) in [6.45, 7) is 61.1. The van der Waals surface area contributed by atoms with Crippen LogP contribution in [0.2, 0.25) is 0 Å². The van der Waals surface area contributed by atoms with Crippen molar-refractivity contribution in [3.8, 4) is 5.75 Å². The fourth-order valence-electron chi connectivity index (χ4n) is 7.10. The molecule has 8 nitrogen and oxygen atoms in total. The van der Waals surface area contributed by atoms with E-state index in [4.69, 9.17) is 9.15 Å². The Bertz CT molecular complexity index is 2740. The van der Waals surface area contributed by atoms with Gasteiger partial charge in [0.15, 0.2) is 6.39 Å². The molecule has 3 aliphatic rings. The average molecular weight is 1330 g/mol. The molecule has 0 spiro atoms. The fraction of sp³-hybridized carbons (Fsp3) is 0.452. The molecule has 10 aromatic rings. The zero-order chi connectivity index (χ0) is 73.4. The summed E-state index contributed by atoms with van der Waals surface area (Å²) in [7, 11) is 1.66. The van der Waals surface area contributed by atoms with Crippen molar-refractivity contribution in [3.63, 3.8) is 0 Å². The van der Waals surface area contributed by atoms with Crippen molar-refractivity contribution in [2.24, 2.45) is 0 Å². The van der Waals surface area contributed by atoms with Crippen LogP contribution >= 0.6 is 22.7 Å². The summed E-state index contributed by atoms with van der Waals surface area (Å²) in [6, 6.07) is 53.2. The number of thiazole rings is 1. The lowest BCUT2D eigenvalue weighted by Crippen LogP contribution is -2.10. The van der Waals surface area contributed by atoms with Gasteiger partial charge in [0, 0.05) is 49.4 Å². The maximum Gasteiger partial charge on any atom is 0.181 e. The molecule has 13 rings (SSSR count). The molecule has 0 saturated heterocycles. The van der Waals surface area contributed by atoms with Gasteiger partial charge in [-0.2, -0.15) is 10.2 Å². The largest absolute Gasteiger partial charge is 0.497 e. The number of oxazole rings is 1. The monoisotopic (exact) mass is 1330 g/mol. The van der Waals surface area contributed by atoms with Crippen LogP contribution in [-0.4, -0.2) is 36.6 Å². The van der Waals surface area contributed by atoms with Crippen molar-refractivity contribution < 1.29 is 9.15 Å². The van der Waals surface area contributed by atoms with E-state index in [2.05, 4.69) is 141 Å². The molecule has 10 heteroatoms. The first-order valence-electron chi connectivity index (χ1n) is 36.2. The molecule has 5 aromatic heterocycles. The molecule has 0 unspecified atom stereocenters. The topological polar surface area (TPSA) is 83.8 Å². The molecule has 0 atom stereocenters. The summed E-state index contributed by atoms with van der Waals surface area (Å²) in [5, 5.41) is 12.9. The first-order chi connectivity index (χ1) is 46.5. The number of benzene rings is 5. The lowest BCUT2D eigenvalue weighted by atomic mass is 10.1. The summed E-state index contributed by atoms with van der Waals surface area (Å²) >= 11 is 3.45. The smallest absolute Gasteiger partial charge is 0.181 e. The van der Waals surface area contributed by atoms with Crippen LogP contribution in [0.5, 0.6) is 5.75 Å². The number of nitrogens with zero attached hydrogens (tertiary/aromatic N) is 6. The van der Waals surface area contributed by atoms with Crippen molar-refractivity contribution in [1.82, 2.24) is 29.5 Å². The van der Waals surface area contributed by atoms with Gasteiger partial charge < -0.3 is 9.15 Å². The molecule has 0 radical (unpaired) electrons. The normalized spacial score (nSPS) is 9.46. The van der Waals surface area contributed by atoms with Gasteiger partial charge in [0.25, 0.3) is 0 Å². The molecular weight excluding hydrogens is 1190 g/mol.